The van der Waals surface area contributed by atoms with E-state index in [0.29, 0.717) is 25.9 Å². The molecule has 0 saturated carbocycles. The van der Waals surface area contributed by atoms with Crippen LogP contribution in [0.15, 0.2) is 12.7 Å². The Morgan fingerprint density at radius 3 is 2.12 bits per heavy atom. The third kappa shape index (κ3) is 3.19. The van der Waals surface area contributed by atoms with Crippen LogP contribution in [0.4, 0.5) is 0 Å². The summed E-state index contributed by atoms with van der Waals surface area (Å²) in [5.74, 6) is -0.127. The highest BCUT2D eigenvalue weighted by Crippen LogP contribution is 2.27. The molecule has 0 radical (unpaired) electrons. The Hall–Kier alpha value is -1.12. The Balaban J connectivity index is 4.95. The van der Waals surface area contributed by atoms with Crippen LogP contribution in [0, 0.1) is 5.41 Å². The molecule has 0 aromatic carbocycles. The number of rotatable bonds is 7. The summed E-state index contributed by atoms with van der Waals surface area (Å²) in [6.07, 6.45) is 2.97. The van der Waals surface area contributed by atoms with Gasteiger partial charge in [0.1, 0.15) is 11.2 Å². The van der Waals surface area contributed by atoms with Crippen molar-refractivity contribution < 1.29 is 9.59 Å². The van der Waals surface area contributed by atoms with Crippen molar-refractivity contribution in [2.45, 2.75) is 40.5 Å². The van der Waals surface area contributed by atoms with Gasteiger partial charge >= 0.3 is 0 Å². The van der Waals surface area contributed by atoms with E-state index in [1.807, 2.05) is 13.8 Å². The topological polar surface area (TPSA) is 37.4 Å². The molecular weight excluding hydrogens is 202 g/mol. The predicted molar refractivity (Wildman–Crippen MR) is 66.1 cm³/mol. The fraction of sp³-hybridized carbons (Fsp3) is 0.692. The maximum Gasteiger partial charge on any atom is 0.235 e. The first-order valence-electron chi connectivity index (χ1n) is 5.85. The summed E-state index contributed by atoms with van der Waals surface area (Å²) in [5.41, 5.74) is -0.889. The van der Waals surface area contributed by atoms with E-state index < -0.39 is 5.41 Å². The number of carbonyl (C=O) groups is 2. The lowest BCUT2D eigenvalue weighted by Gasteiger charge is -2.31. The molecule has 0 aliphatic carbocycles. The monoisotopic (exact) mass is 225 g/mol. The number of hydrogen-bond acceptors (Lipinski definition) is 2. The van der Waals surface area contributed by atoms with Gasteiger partial charge in [-0.2, -0.15) is 0 Å². The highest BCUT2D eigenvalue weighted by Gasteiger charge is 2.39. The molecule has 3 heteroatoms. The van der Waals surface area contributed by atoms with Crippen LogP contribution in [-0.2, 0) is 9.59 Å². The van der Waals surface area contributed by atoms with E-state index in [-0.39, 0.29) is 11.7 Å². The highest BCUT2D eigenvalue weighted by molar-refractivity contribution is 6.04. The van der Waals surface area contributed by atoms with Gasteiger partial charge in [-0.25, -0.2) is 0 Å². The molecule has 0 N–H and O–H groups in total. The van der Waals surface area contributed by atoms with Crippen molar-refractivity contribution in [3.63, 3.8) is 0 Å². The molecule has 0 bridgehead atoms. The maximum absolute atomic E-state index is 12.2. The average molecular weight is 225 g/mol. The summed E-state index contributed by atoms with van der Waals surface area (Å²) in [4.78, 5) is 25.6. The zero-order valence-corrected chi connectivity index (χ0v) is 10.9. The first-order valence-corrected chi connectivity index (χ1v) is 5.85. The van der Waals surface area contributed by atoms with E-state index in [4.69, 9.17) is 0 Å². The molecule has 1 amide bonds. The normalized spacial score (nSPS) is 14.0. The van der Waals surface area contributed by atoms with Crippen molar-refractivity contribution in [1.82, 2.24) is 4.90 Å². The zero-order valence-electron chi connectivity index (χ0n) is 10.9. The summed E-state index contributed by atoms with van der Waals surface area (Å²) in [6.45, 7) is 12.0. The van der Waals surface area contributed by atoms with Crippen LogP contribution in [0.3, 0.4) is 0 Å². The molecule has 1 atom stereocenters. The molecule has 16 heavy (non-hydrogen) atoms. The molecule has 0 aromatic heterocycles. The first-order chi connectivity index (χ1) is 7.43. The molecular formula is C13H23NO2. The number of Topliss-reactive ketones (excluding diaryl/α,β-unsaturated/α-hetero) is 1. The molecule has 1 unspecified atom stereocenters. The summed E-state index contributed by atoms with van der Waals surface area (Å²) in [6, 6.07) is 0. The van der Waals surface area contributed by atoms with Gasteiger partial charge in [0.2, 0.25) is 5.91 Å². The van der Waals surface area contributed by atoms with Crippen molar-refractivity contribution >= 4 is 11.7 Å². The lowest BCUT2D eigenvalue weighted by Crippen LogP contribution is -2.46. The zero-order chi connectivity index (χ0) is 12.8. The lowest BCUT2D eigenvalue weighted by atomic mass is 9.80. The first kappa shape index (κ1) is 14.9. The van der Waals surface area contributed by atoms with Crippen molar-refractivity contribution in [2.75, 3.05) is 13.1 Å². The van der Waals surface area contributed by atoms with Gasteiger partial charge in [-0.05, 0) is 40.5 Å². The van der Waals surface area contributed by atoms with Crippen LogP contribution in [0.25, 0.3) is 0 Å². The van der Waals surface area contributed by atoms with Gasteiger partial charge in [-0.15, -0.1) is 6.58 Å². The quantitative estimate of drug-likeness (QED) is 0.493. The van der Waals surface area contributed by atoms with E-state index in [0.717, 1.165) is 0 Å². The molecule has 0 fully saturated rings. The lowest BCUT2D eigenvalue weighted by molar-refractivity contribution is -0.148. The SMILES string of the molecule is C=CCCC(C)(C(C)=O)C(=O)N(CC)CC. The standard InChI is InChI=1S/C13H23NO2/c1-6-9-10-13(5,11(4)15)12(16)14(7-2)8-3/h6H,1,7-10H2,2-5H3. The third-order valence-electron chi connectivity index (χ3n) is 3.15. The molecule has 0 heterocycles. The minimum Gasteiger partial charge on any atom is -0.342 e. The summed E-state index contributed by atoms with van der Waals surface area (Å²) in [5, 5.41) is 0. The summed E-state index contributed by atoms with van der Waals surface area (Å²) >= 11 is 0. The Labute approximate surface area is 98.5 Å². The number of hydrogen-bond donors (Lipinski definition) is 0. The number of allylic oxidation sites excluding steroid dienone is 1. The van der Waals surface area contributed by atoms with Crippen LogP contribution in [0.1, 0.15) is 40.5 Å². The number of carbonyl (C=O) groups excluding carboxylic acids is 2. The molecule has 92 valence electrons. The third-order valence-corrected chi connectivity index (χ3v) is 3.15. The fourth-order valence-electron chi connectivity index (χ4n) is 1.68. The van der Waals surface area contributed by atoms with Gasteiger partial charge in [0.05, 0.1) is 0 Å². The number of amides is 1. The largest absolute Gasteiger partial charge is 0.342 e. The van der Waals surface area contributed by atoms with Crippen molar-refractivity contribution in [2.24, 2.45) is 5.41 Å². The predicted octanol–water partition coefficient (Wildman–Crippen LogP) is 2.42. The van der Waals surface area contributed by atoms with E-state index in [9.17, 15) is 9.59 Å². The van der Waals surface area contributed by atoms with Gasteiger partial charge < -0.3 is 4.90 Å². The van der Waals surface area contributed by atoms with Crippen molar-refractivity contribution in [1.29, 1.82) is 0 Å². The highest BCUT2D eigenvalue weighted by atomic mass is 16.2. The molecule has 0 spiro atoms. The van der Waals surface area contributed by atoms with Crippen LogP contribution >= 0.6 is 0 Å². The van der Waals surface area contributed by atoms with Crippen molar-refractivity contribution in [3.05, 3.63) is 12.7 Å². The van der Waals surface area contributed by atoms with Crippen LogP contribution in [0.2, 0.25) is 0 Å². The fourth-order valence-corrected chi connectivity index (χ4v) is 1.68. The van der Waals surface area contributed by atoms with Gasteiger partial charge in [-0.3, -0.25) is 9.59 Å². The van der Waals surface area contributed by atoms with E-state index in [1.54, 1.807) is 17.9 Å². The van der Waals surface area contributed by atoms with Gasteiger partial charge in [0.15, 0.2) is 0 Å². The smallest absolute Gasteiger partial charge is 0.235 e. The van der Waals surface area contributed by atoms with Gasteiger partial charge in [0, 0.05) is 13.1 Å². The molecule has 0 rings (SSSR count). The summed E-state index contributed by atoms with van der Waals surface area (Å²) < 4.78 is 0. The number of ketones is 1. The molecule has 3 nitrogen and oxygen atoms in total. The minimum absolute atomic E-state index is 0.0631. The second-order valence-corrected chi connectivity index (χ2v) is 4.19. The molecule has 0 aliphatic rings. The van der Waals surface area contributed by atoms with Crippen molar-refractivity contribution in [3.8, 4) is 0 Å². The van der Waals surface area contributed by atoms with E-state index >= 15 is 0 Å². The second kappa shape index (κ2) is 6.46. The Morgan fingerprint density at radius 2 is 1.81 bits per heavy atom. The maximum atomic E-state index is 12.2. The van der Waals surface area contributed by atoms with Crippen LogP contribution < -0.4 is 0 Å². The minimum atomic E-state index is -0.889. The van der Waals surface area contributed by atoms with E-state index in [2.05, 4.69) is 6.58 Å². The summed E-state index contributed by atoms with van der Waals surface area (Å²) in [7, 11) is 0. The Kier molecular flexibility index (Phi) is 6.01. The van der Waals surface area contributed by atoms with E-state index in [1.165, 1.54) is 6.92 Å². The Morgan fingerprint density at radius 1 is 1.31 bits per heavy atom. The van der Waals surface area contributed by atoms with Crippen LogP contribution in [0.5, 0.6) is 0 Å². The Bertz CT molecular complexity index is 269. The number of nitrogens with zero attached hydrogens (tertiary/aromatic N) is 1. The second-order valence-electron chi connectivity index (χ2n) is 4.19. The molecule has 0 aliphatic heterocycles. The van der Waals surface area contributed by atoms with Gasteiger partial charge in [0.25, 0.3) is 0 Å². The average Bonchev–Trinajstić information content (AvgIpc) is 2.27. The van der Waals surface area contributed by atoms with Crippen LogP contribution in [-0.4, -0.2) is 29.7 Å². The molecule has 0 saturated heterocycles. The molecule has 0 aromatic rings. The van der Waals surface area contributed by atoms with Gasteiger partial charge in [-0.1, -0.05) is 6.08 Å².